The van der Waals surface area contributed by atoms with Crippen LogP contribution in [-0.4, -0.2) is 30.1 Å². The SMILES string of the molecule is C=c1c(O)c(O)cc2c1=CC=C1C2(C)CCC2(C)C3CC(C)(COC(=O)OC)CCC3(C)CCC12C. The molecule has 36 heavy (non-hydrogen) atoms. The third-order valence-electron chi connectivity index (χ3n) is 11.5. The number of rotatable bonds is 2. The zero-order chi connectivity index (χ0) is 26.3. The largest absolute Gasteiger partial charge is 0.507 e. The summed E-state index contributed by atoms with van der Waals surface area (Å²) in [5, 5.41) is 22.3. The van der Waals surface area contributed by atoms with E-state index in [2.05, 4.69) is 53.3 Å². The minimum absolute atomic E-state index is 0.00530. The van der Waals surface area contributed by atoms with Gasteiger partial charge in [0.1, 0.15) is 6.61 Å². The standard InChI is InChI=1S/C31H42O5/c1-19-20-8-9-23-29(4,21(20)16-22(32)25(19)33)13-15-31(6)24-17-27(2,18-36-26(34)35-7)10-11-28(24,3)12-14-30(23,31)5/h8-9,16,24,32-33H,1,10-15,17-18H2,2-7H3. The van der Waals surface area contributed by atoms with Crippen LogP contribution >= 0.6 is 0 Å². The van der Waals surface area contributed by atoms with E-state index in [1.807, 2.05) is 0 Å². The maximum Gasteiger partial charge on any atom is 0.507 e. The van der Waals surface area contributed by atoms with Crippen molar-refractivity contribution in [3.63, 3.8) is 0 Å². The molecule has 3 saturated carbocycles. The number of hydrogen-bond donors (Lipinski definition) is 2. The zero-order valence-electron chi connectivity index (χ0n) is 22.8. The van der Waals surface area contributed by atoms with Crippen LogP contribution in [0, 0.1) is 27.6 Å². The van der Waals surface area contributed by atoms with E-state index in [1.54, 1.807) is 6.07 Å². The minimum Gasteiger partial charge on any atom is -0.504 e. The fourth-order valence-electron chi connectivity index (χ4n) is 8.86. The van der Waals surface area contributed by atoms with Crippen molar-refractivity contribution in [1.82, 2.24) is 0 Å². The van der Waals surface area contributed by atoms with Crippen LogP contribution in [0.4, 0.5) is 4.79 Å². The van der Waals surface area contributed by atoms with E-state index in [0.29, 0.717) is 17.7 Å². The Morgan fingerprint density at radius 1 is 1.03 bits per heavy atom. The summed E-state index contributed by atoms with van der Waals surface area (Å²) < 4.78 is 10.2. The third-order valence-corrected chi connectivity index (χ3v) is 11.5. The van der Waals surface area contributed by atoms with Gasteiger partial charge in [-0.1, -0.05) is 58.9 Å². The van der Waals surface area contributed by atoms with E-state index in [0.717, 1.165) is 49.3 Å². The highest BCUT2D eigenvalue weighted by molar-refractivity contribution is 5.61. The second-order valence-electron chi connectivity index (χ2n) is 13.5. The number of hydrogen-bond acceptors (Lipinski definition) is 5. The summed E-state index contributed by atoms with van der Waals surface area (Å²) in [6.45, 7) is 16.5. The molecule has 1 aromatic rings. The Morgan fingerprint density at radius 3 is 2.42 bits per heavy atom. The molecule has 0 aromatic heterocycles. The summed E-state index contributed by atoms with van der Waals surface area (Å²) >= 11 is 0. The molecule has 5 rings (SSSR count). The first-order chi connectivity index (χ1) is 16.7. The molecule has 0 saturated heterocycles. The van der Waals surface area contributed by atoms with Crippen LogP contribution in [-0.2, 0) is 14.9 Å². The predicted octanol–water partition coefficient (Wildman–Crippen LogP) is 5.68. The van der Waals surface area contributed by atoms with Gasteiger partial charge in [0.05, 0.1) is 7.11 Å². The number of carbonyl (C=O) groups excluding carboxylic acids is 1. The summed E-state index contributed by atoms with van der Waals surface area (Å²) in [4.78, 5) is 11.8. The molecule has 0 heterocycles. The lowest BCUT2D eigenvalue weighted by atomic mass is 9.35. The van der Waals surface area contributed by atoms with Crippen LogP contribution in [0.1, 0.15) is 85.1 Å². The minimum atomic E-state index is -0.599. The highest BCUT2D eigenvalue weighted by atomic mass is 16.7. The second kappa shape index (κ2) is 7.79. The number of allylic oxidation sites excluding steroid dienone is 2. The topological polar surface area (TPSA) is 76.0 Å². The van der Waals surface area contributed by atoms with E-state index in [1.165, 1.54) is 19.1 Å². The van der Waals surface area contributed by atoms with Gasteiger partial charge in [-0.2, -0.15) is 0 Å². The van der Waals surface area contributed by atoms with Crippen LogP contribution in [0.15, 0.2) is 17.7 Å². The zero-order valence-corrected chi connectivity index (χ0v) is 22.8. The van der Waals surface area contributed by atoms with Gasteiger partial charge >= 0.3 is 6.16 Å². The summed E-state index contributed by atoms with van der Waals surface area (Å²) in [5.41, 5.74) is 2.61. The maximum atomic E-state index is 11.8. The quantitative estimate of drug-likeness (QED) is 0.409. The number of aromatic hydroxyl groups is 2. The van der Waals surface area contributed by atoms with Crippen molar-refractivity contribution in [1.29, 1.82) is 0 Å². The lowest BCUT2D eigenvalue weighted by molar-refractivity contribution is -0.164. The van der Waals surface area contributed by atoms with Crippen LogP contribution in [0.25, 0.3) is 12.7 Å². The summed E-state index contributed by atoms with van der Waals surface area (Å²) in [5.74, 6) is 0.298. The highest BCUT2D eigenvalue weighted by Crippen LogP contribution is 2.74. The van der Waals surface area contributed by atoms with E-state index in [4.69, 9.17) is 9.47 Å². The Balaban J connectivity index is 1.57. The first-order valence-electron chi connectivity index (χ1n) is 13.4. The number of fused-ring (bicyclic) bond motifs is 7. The van der Waals surface area contributed by atoms with Gasteiger partial charge in [0.2, 0.25) is 0 Å². The molecule has 1 aromatic carbocycles. The Bertz CT molecular complexity index is 1260. The maximum absolute atomic E-state index is 11.8. The first kappa shape index (κ1) is 25.2. The number of benzene rings is 1. The van der Waals surface area contributed by atoms with Gasteiger partial charge in [-0.3, -0.25) is 0 Å². The Hall–Kier alpha value is -2.43. The van der Waals surface area contributed by atoms with Crippen LogP contribution in [0.2, 0.25) is 0 Å². The van der Waals surface area contributed by atoms with Crippen LogP contribution in [0.5, 0.6) is 11.5 Å². The lowest BCUT2D eigenvalue weighted by Gasteiger charge is -2.69. The highest BCUT2D eigenvalue weighted by Gasteiger charge is 2.66. The van der Waals surface area contributed by atoms with Gasteiger partial charge in [0.25, 0.3) is 0 Å². The van der Waals surface area contributed by atoms with Crippen molar-refractivity contribution in [2.24, 2.45) is 27.6 Å². The number of methoxy groups -OCH3 is 1. The molecule has 0 bridgehead atoms. The molecule has 0 amide bonds. The van der Waals surface area contributed by atoms with E-state index < -0.39 is 6.16 Å². The molecule has 4 aliphatic carbocycles. The van der Waals surface area contributed by atoms with E-state index in [9.17, 15) is 15.0 Å². The number of ether oxygens (including phenoxy) is 2. The number of carbonyl (C=O) groups is 1. The normalized spacial score (nSPS) is 40.9. The van der Waals surface area contributed by atoms with Crippen molar-refractivity contribution in [3.8, 4) is 11.5 Å². The van der Waals surface area contributed by atoms with Crippen molar-refractivity contribution < 1.29 is 24.5 Å². The molecule has 6 atom stereocenters. The molecule has 0 spiro atoms. The molecule has 0 radical (unpaired) electrons. The molecule has 196 valence electrons. The number of phenols is 2. The molecular formula is C31H42O5. The fraction of sp³-hybridized carbons (Fsp3) is 0.645. The average molecular weight is 495 g/mol. The second-order valence-corrected chi connectivity index (χ2v) is 13.5. The van der Waals surface area contributed by atoms with Crippen molar-refractivity contribution in [2.45, 2.75) is 85.0 Å². The van der Waals surface area contributed by atoms with Crippen LogP contribution < -0.4 is 10.4 Å². The molecule has 4 aliphatic rings. The molecule has 0 aliphatic heterocycles. The smallest absolute Gasteiger partial charge is 0.504 e. The average Bonchev–Trinajstić information content (AvgIpc) is 2.84. The van der Waals surface area contributed by atoms with E-state index >= 15 is 0 Å². The van der Waals surface area contributed by atoms with E-state index in [-0.39, 0.29) is 38.6 Å². The molecule has 5 nitrogen and oxygen atoms in total. The molecule has 5 heteroatoms. The molecule has 3 fully saturated rings. The van der Waals surface area contributed by atoms with Gasteiger partial charge in [0.15, 0.2) is 11.5 Å². The van der Waals surface area contributed by atoms with Crippen molar-refractivity contribution in [3.05, 3.63) is 33.7 Å². The fourth-order valence-corrected chi connectivity index (χ4v) is 8.86. The number of phenolic OH excluding ortho intramolecular Hbond substituents is 2. The summed E-state index contributed by atoms with van der Waals surface area (Å²) in [6.07, 6.45) is 11.4. The van der Waals surface area contributed by atoms with Crippen LogP contribution in [0.3, 0.4) is 0 Å². The Morgan fingerprint density at radius 2 is 1.72 bits per heavy atom. The Labute approximate surface area is 214 Å². The van der Waals surface area contributed by atoms with Gasteiger partial charge in [-0.05, 0) is 84.0 Å². The molecule has 2 N–H and O–H groups in total. The lowest BCUT2D eigenvalue weighted by Crippen LogP contribution is -2.63. The van der Waals surface area contributed by atoms with Gasteiger partial charge in [-0.25, -0.2) is 4.79 Å². The third kappa shape index (κ3) is 3.23. The molecular weight excluding hydrogens is 452 g/mol. The molecule has 6 unspecified atom stereocenters. The summed E-state index contributed by atoms with van der Waals surface area (Å²) in [7, 11) is 1.36. The first-order valence-corrected chi connectivity index (χ1v) is 13.4. The predicted molar refractivity (Wildman–Crippen MR) is 141 cm³/mol. The van der Waals surface area contributed by atoms with Gasteiger partial charge in [0, 0.05) is 16.0 Å². The van der Waals surface area contributed by atoms with Gasteiger partial charge < -0.3 is 19.7 Å². The summed E-state index contributed by atoms with van der Waals surface area (Å²) in [6, 6.07) is 1.77. The van der Waals surface area contributed by atoms with Crippen molar-refractivity contribution >= 4 is 18.8 Å². The Kier molecular flexibility index (Phi) is 5.46. The monoisotopic (exact) mass is 494 g/mol. The van der Waals surface area contributed by atoms with Gasteiger partial charge in [-0.15, -0.1) is 0 Å². The van der Waals surface area contributed by atoms with Crippen molar-refractivity contribution in [2.75, 3.05) is 13.7 Å².